The molecule has 0 fully saturated rings. The molecule has 0 aliphatic rings. The lowest BCUT2D eigenvalue weighted by Crippen LogP contribution is -2.28. The van der Waals surface area contributed by atoms with E-state index in [1.165, 1.54) is 11.1 Å². The first-order chi connectivity index (χ1) is 7.18. The van der Waals surface area contributed by atoms with Crippen molar-refractivity contribution < 1.29 is 0 Å². The molecule has 1 unspecified atom stereocenters. The lowest BCUT2D eigenvalue weighted by Gasteiger charge is -2.25. The molecule has 0 aromatic carbocycles. The lowest BCUT2D eigenvalue weighted by molar-refractivity contribution is 0.508. The van der Waals surface area contributed by atoms with E-state index in [0.29, 0.717) is 5.82 Å². The van der Waals surface area contributed by atoms with Gasteiger partial charge in [0.2, 0.25) is 0 Å². The van der Waals surface area contributed by atoms with E-state index in [9.17, 15) is 0 Å². The number of allylic oxidation sites excluding steroid dienone is 3. The zero-order chi connectivity index (χ0) is 12.9. The highest BCUT2D eigenvalue weighted by Crippen LogP contribution is 2.31. The molecule has 2 heteroatoms. The minimum Gasteiger partial charge on any atom is -0.331 e. The Labute approximate surface area is 102 Å². The number of nitrogens with two attached hydrogens (primary N) is 1. The summed E-state index contributed by atoms with van der Waals surface area (Å²) in [7, 11) is 1.05. The number of hydrogen-bond acceptors (Lipinski definition) is 1. The van der Waals surface area contributed by atoms with E-state index in [4.69, 9.17) is 5.73 Å². The van der Waals surface area contributed by atoms with Gasteiger partial charge >= 0.3 is 0 Å². The monoisotopic (exact) mass is 221 g/mol. The molecule has 0 aliphatic carbocycles. The molecule has 16 heavy (non-hydrogen) atoms. The second-order valence-corrected chi connectivity index (χ2v) is 6.10. The van der Waals surface area contributed by atoms with Crippen LogP contribution in [0.2, 0.25) is 5.82 Å². The largest absolute Gasteiger partial charge is 0.331 e. The summed E-state index contributed by atoms with van der Waals surface area (Å²) in [6.45, 7) is 15.4. The first-order valence-electron chi connectivity index (χ1n) is 6.29. The van der Waals surface area contributed by atoms with Crippen molar-refractivity contribution in [3.8, 4) is 0 Å². The molecular weight excluding hydrogens is 193 g/mol. The third kappa shape index (κ3) is 5.55. The highest BCUT2D eigenvalue weighted by molar-refractivity contribution is 6.40. The maximum Gasteiger partial charge on any atom is 0.149 e. The zero-order valence-electron chi connectivity index (χ0n) is 12.1. The molecule has 0 amide bonds. The van der Waals surface area contributed by atoms with Gasteiger partial charge in [0.15, 0.2) is 0 Å². The quantitative estimate of drug-likeness (QED) is 0.570. The van der Waals surface area contributed by atoms with Gasteiger partial charge < -0.3 is 5.73 Å². The predicted octanol–water partition coefficient (Wildman–Crippen LogP) is 3.47. The molecule has 0 saturated carbocycles. The van der Waals surface area contributed by atoms with Gasteiger partial charge in [-0.2, -0.15) is 0 Å². The van der Waals surface area contributed by atoms with Gasteiger partial charge in [0, 0.05) is 0 Å². The molecule has 2 N–H and O–H groups in total. The summed E-state index contributed by atoms with van der Waals surface area (Å²) in [5, 5.41) is 0. The second kappa shape index (κ2) is 6.29. The van der Waals surface area contributed by atoms with Crippen molar-refractivity contribution >= 4 is 7.28 Å². The van der Waals surface area contributed by atoms with Crippen LogP contribution in [0, 0.1) is 5.41 Å². The highest BCUT2D eigenvalue weighted by Gasteiger charge is 2.19. The van der Waals surface area contributed by atoms with Crippen molar-refractivity contribution in [1.29, 1.82) is 0 Å². The van der Waals surface area contributed by atoms with E-state index in [1.807, 2.05) is 0 Å². The van der Waals surface area contributed by atoms with Crippen LogP contribution in [-0.4, -0.2) is 13.2 Å². The van der Waals surface area contributed by atoms with E-state index in [-0.39, 0.29) is 11.4 Å². The molecule has 0 saturated heterocycles. The fourth-order valence-corrected chi connectivity index (χ4v) is 1.95. The van der Waals surface area contributed by atoms with E-state index in [2.05, 4.69) is 60.6 Å². The van der Waals surface area contributed by atoms with Crippen molar-refractivity contribution in [2.24, 2.45) is 11.1 Å². The van der Waals surface area contributed by atoms with Gasteiger partial charge in [0.1, 0.15) is 7.28 Å². The SMILES string of the molecule is C/C=C(C)\C(=C/C(N)BC(C)C)C(C)(C)C. The average molecular weight is 221 g/mol. The lowest BCUT2D eigenvalue weighted by atomic mass is 9.59. The Morgan fingerprint density at radius 2 is 1.75 bits per heavy atom. The molecule has 0 aromatic rings. The van der Waals surface area contributed by atoms with Crippen molar-refractivity contribution in [3.63, 3.8) is 0 Å². The van der Waals surface area contributed by atoms with Crippen LogP contribution in [0.4, 0.5) is 0 Å². The molecule has 0 rings (SSSR count). The second-order valence-electron chi connectivity index (χ2n) is 6.10. The van der Waals surface area contributed by atoms with Crippen LogP contribution in [-0.2, 0) is 0 Å². The molecule has 92 valence electrons. The van der Waals surface area contributed by atoms with Crippen LogP contribution in [0.3, 0.4) is 0 Å². The van der Waals surface area contributed by atoms with Crippen LogP contribution in [0.5, 0.6) is 0 Å². The van der Waals surface area contributed by atoms with Crippen molar-refractivity contribution in [3.05, 3.63) is 23.3 Å². The maximum absolute atomic E-state index is 6.16. The van der Waals surface area contributed by atoms with Gasteiger partial charge in [-0.1, -0.05) is 58.2 Å². The molecule has 0 heterocycles. The summed E-state index contributed by atoms with van der Waals surface area (Å²) in [5.74, 6) is 0.822. The molecule has 1 atom stereocenters. The summed E-state index contributed by atoms with van der Waals surface area (Å²) >= 11 is 0. The van der Waals surface area contributed by atoms with E-state index >= 15 is 0 Å². The Morgan fingerprint density at radius 1 is 1.25 bits per heavy atom. The van der Waals surface area contributed by atoms with Gasteiger partial charge in [0.25, 0.3) is 0 Å². The van der Waals surface area contributed by atoms with Crippen LogP contribution in [0.1, 0.15) is 48.5 Å². The summed E-state index contributed by atoms with van der Waals surface area (Å²) < 4.78 is 0. The fourth-order valence-electron chi connectivity index (χ4n) is 1.95. The van der Waals surface area contributed by atoms with Crippen molar-refractivity contribution in [2.75, 3.05) is 0 Å². The predicted molar refractivity (Wildman–Crippen MR) is 77.2 cm³/mol. The minimum absolute atomic E-state index is 0.170. The van der Waals surface area contributed by atoms with Crippen molar-refractivity contribution in [1.82, 2.24) is 0 Å². The Kier molecular flexibility index (Phi) is 6.10. The summed E-state index contributed by atoms with van der Waals surface area (Å²) in [6, 6.07) is 0. The highest BCUT2D eigenvalue weighted by atomic mass is 14.6. The molecular formula is C14H28BN. The molecule has 1 nitrogen and oxygen atoms in total. The molecule has 0 aromatic heterocycles. The van der Waals surface area contributed by atoms with Gasteiger partial charge in [0.05, 0.1) is 0 Å². The first kappa shape index (κ1) is 15.5. The maximum atomic E-state index is 6.16. The summed E-state index contributed by atoms with van der Waals surface area (Å²) in [4.78, 5) is 0. The van der Waals surface area contributed by atoms with E-state index in [0.717, 1.165) is 7.28 Å². The number of rotatable bonds is 4. The molecule has 0 radical (unpaired) electrons. The zero-order valence-corrected chi connectivity index (χ0v) is 12.1. The van der Waals surface area contributed by atoms with Gasteiger partial charge in [-0.3, -0.25) is 0 Å². The summed E-state index contributed by atoms with van der Waals surface area (Å²) in [5.41, 5.74) is 9.05. The van der Waals surface area contributed by atoms with Gasteiger partial charge in [-0.05, 0) is 30.8 Å². The molecule has 0 bridgehead atoms. The fraction of sp³-hybridized carbons (Fsp3) is 0.714. The Morgan fingerprint density at radius 3 is 2.06 bits per heavy atom. The van der Waals surface area contributed by atoms with Gasteiger partial charge in [-0.15, -0.1) is 0 Å². The normalized spacial score (nSPS) is 16.6. The van der Waals surface area contributed by atoms with Crippen LogP contribution in [0.15, 0.2) is 23.3 Å². The third-order valence-electron chi connectivity index (χ3n) is 2.79. The Hall–Kier alpha value is -0.495. The van der Waals surface area contributed by atoms with E-state index in [1.54, 1.807) is 0 Å². The minimum atomic E-state index is 0.170. The standard InChI is InChI=1S/C14H28BN/c1-8-11(4)12(14(5,6)7)9-13(16)15-10(2)3/h8-10,13,15H,16H2,1-7H3/b11-8-,12-9+. The first-order valence-corrected chi connectivity index (χ1v) is 6.29. The Balaban J connectivity index is 4.98. The van der Waals surface area contributed by atoms with Crippen LogP contribution in [0.25, 0.3) is 0 Å². The van der Waals surface area contributed by atoms with Gasteiger partial charge in [-0.25, -0.2) is 0 Å². The van der Waals surface area contributed by atoms with E-state index < -0.39 is 0 Å². The summed E-state index contributed by atoms with van der Waals surface area (Å²) in [6.07, 6.45) is 4.41. The van der Waals surface area contributed by atoms with Crippen LogP contribution < -0.4 is 5.73 Å². The third-order valence-corrected chi connectivity index (χ3v) is 2.79. The van der Waals surface area contributed by atoms with Crippen LogP contribution >= 0.6 is 0 Å². The average Bonchev–Trinajstić information content (AvgIpc) is 2.10. The molecule has 0 spiro atoms. The number of hydrogen-bond donors (Lipinski definition) is 1. The Bertz CT molecular complexity index is 269. The topological polar surface area (TPSA) is 26.0 Å². The van der Waals surface area contributed by atoms with Crippen molar-refractivity contribution in [2.45, 2.75) is 60.2 Å². The molecule has 0 aliphatic heterocycles. The smallest absolute Gasteiger partial charge is 0.149 e.